The first-order valence-electron chi connectivity index (χ1n) is 9.39. The highest BCUT2D eigenvalue weighted by Gasteiger charge is 2.27. The van der Waals surface area contributed by atoms with Gasteiger partial charge in [0, 0.05) is 17.6 Å². The molecule has 2 amide bonds. The fourth-order valence-electron chi connectivity index (χ4n) is 2.74. The first-order valence-corrected chi connectivity index (χ1v) is 9.77. The van der Waals surface area contributed by atoms with E-state index in [2.05, 4.69) is 5.32 Å². The largest absolute Gasteiger partial charge is 0.352 e. The summed E-state index contributed by atoms with van der Waals surface area (Å²) >= 11 is 6.19. The Labute approximate surface area is 170 Å². The molecule has 2 atom stereocenters. The summed E-state index contributed by atoms with van der Waals surface area (Å²) in [5.41, 5.74) is 1.45. The zero-order valence-electron chi connectivity index (χ0n) is 16.4. The fourth-order valence-corrected chi connectivity index (χ4v) is 2.94. The van der Waals surface area contributed by atoms with Gasteiger partial charge in [-0.1, -0.05) is 48.9 Å². The molecule has 1 N–H and O–H groups in total. The van der Waals surface area contributed by atoms with Crippen LogP contribution < -0.4 is 5.32 Å². The number of nitrogens with one attached hydrogen (secondary N) is 1. The lowest BCUT2D eigenvalue weighted by atomic mass is 10.1. The van der Waals surface area contributed by atoms with Crippen molar-refractivity contribution in [1.82, 2.24) is 10.2 Å². The summed E-state index contributed by atoms with van der Waals surface area (Å²) in [6.07, 6.45) is 0.881. The molecule has 6 heteroatoms. The van der Waals surface area contributed by atoms with Crippen molar-refractivity contribution in [2.45, 2.75) is 52.2 Å². The summed E-state index contributed by atoms with van der Waals surface area (Å²) in [7, 11) is 0. The zero-order valence-corrected chi connectivity index (χ0v) is 17.2. The molecule has 0 spiro atoms. The fraction of sp³-hybridized carbons (Fsp3) is 0.364. The number of benzene rings is 2. The van der Waals surface area contributed by atoms with Gasteiger partial charge in [-0.2, -0.15) is 0 Å². The van der Waals surface area contributed by atoms with E-state index >= 15 is 0 Å². The molecular formula is C22H26ClFN2O2. The SMILES string of the molecule is CC[C@@H](C)NC(=O)[C@H](C)N(Cc1ccc(F)cc1)C(=O)Cc1ccccc1Cl. The van der Waals surface area contributed by atoms with Gasteiger partial charge in [0.2, 0.25) is 11.8 Å². The van der Waals surface area contributed by atoms with E-state index in [1.54, 1.807) is 37.3 Å². The first-order chi connectivity index (χ1) is 13.3. The molecule has 0 unspecified atom stereocenters. The second-order valence-electron chi connectivity index (χ2n) is 6.91. The van der Waals surface area contributed by atoms with Gasteiger partial charge in [0.15, 0.2) is 0 Å². The second-order valence-corrected chi connectivity index (χ2v) is 7.32. The summed E-state index contributed by atoms with van der Waals surface area (Å²) in [6, 6.07) is 12.4. The van der Waals surface area contributed by atoms with E-state index in [0.29, 0.717) is 10.6 Å². The maximum Gasteiger partial charge on any atom is 0.242 e. The van der Waals surface area contributed by atoms with Gasteiger partial charge < -0.3 is 10.2 Å². The van der Waals surface area contributed by atoms with E-state index in [1.807, 2.05) is 19.9 Å². The van der Waals surface area contributed by atoms with Crippen molar-refractivity contribution in [1.29, 1.82) is 0 Å². The molecular weight excluding hydrogens is 379 g/mol. The van der Waals surface area contributed by atoms with Crippen molar-refractivity contribution in [3.05, 3.63) is 70.5 Å². The van der Waals surface area contributed by atoms with Crippen LogP contribution >= 0.6 is 11.6 Å². The Balaban J connectivity index is 2.23. The molecule has 0 saturated carbocycles. The molecule has 2 aromatic carbocycles. The predicted octanol–water partition coefficient (Wildman–Crippen LogP) is 4.35. The maximum atomic E-state index is 13.2. The van der Waals surface area contributed by atoms with Gasteiger partial charge in [0.05, 0.1) is 6.42 Å². The van der Waals surface area contributed by atoms with Crippen molar-refractivity contribution >= 4 is 23.4 Å². The van der Waals surface area contributed by atoms with Crippen LogP contribution in [0.15, 0.2) is 48.5 Å². The van der Waals surface area contributed by atoms with Crippen LogP contribution in [0.3, 0.4) is 0 Å². The Morgan fingerprint density at radius 3 is 2.36 bits per heavy atom. The molecule has 0 aromatic heterocycles. The number of carbonyl (C=O) groups is 2. The molecule has 0 saturated heterocycles. The average molecular weight is 405 g/mol. The van der Waals surface area contributed by atoms with Crippen molar-refractivity contribution in [3.63, 3.8) is 0 Å². The molecule has 4 nitrogen and oxygen atoms in total. The van der Waals surface area contributed by atoms with Crippen LogP contribution in [0, 0.1) is 5.82 Å². The Morgan fingerprint density at radius 1 is 1.11 bits per heavy atom. The van der Waals surface area contributed by atoms with E-state index in [0.717, 1.165) is 12.0 Å². The highest BCUT2D eigenvalue weighted by atomic mass is 35.5. The van der Waals surface area contributed by atoms with E-state index in [1.165, 1.54) is 17.0 Å². The van der Waals surface area contributed by atoms with E-state index in [9.17, 15) is 14.0 Å². The lowest BCUT2D eigenvalue weighted by Crippen LogP contribution is -2.49. The molecule has 0 aliphatic heterocycles. The van der Waals surface area contributed by atoms with Gasteiger partial charge in [0.1, 0.15) is 11.9 Å². The Bertz CT molecular complexity index is 810. The highest BCUT2D eigenvalue weighted by molar-refractivity contribution is 6.31. The minimum absolute atomic E-state index is 0.0151. The molecule has 0 aliphatic carbocycles. The van der Waals surface area contributed by atoms with Crippen LogP contribution in [0.4, 0.5) is 4.39 Å². The minimum atomic E-state index is -0.672. The van der Waals surface area contributed by atoms with Crippen LogP contribution in [0.25, 0.3) is 0 Å². The third kappa shape index (κ3) is 6.06. The van der Waals surface area contributed by atoms with Gasteiger partial charge in [-0.05, 0) is 49.6 Å². The van der Waals surface area contributed by atoms with Gasteiger partial charge in [0.25, 0.3) is 0 Å². The molecule has 2 rings (SSSR count). The standard InChI is InChI=1S/C22H26ClFN2O2/c1-4-15(2)25-22(28)16(3)26(14-17-9-11-19(24)12-10-17)21(27)13-18-7-5-6-8-20(18)23/h5-12,15-16H,4,13-14H2,1-3H3,(H,25,28)/t15-,16+/m1/s1. The summed E-state index contributed by atoms with van der Waals surface area (Å²) < 4.78 is 13.2. The number of nitrogens with zero attached hydrogens (tertiary/aromatic N) is 1. The number of rotatable bonds is 8. The smallest absolute Gasteiger partial charge is 0.242 e. The quantitative estimate of drug-likeness (QED) is 0.710. The van der Waals surface area contributed by atoms with Crippen LogP contribution in [0.1, 0.15) is 38.3 Å². The van der Waals surface area contributed by atoms with Gasteiger partial charge >= 0.3 is 0 Å². The van der Waals surface area contributed by atoms with Crippen molar-refractivity contribution < 1.29 is 14.0 Å². The minimum Gasteiger partial charge on any atom is -0.352 e. The highest BCUT2D eigenvalue weighted by Crippen LogP contribution is 2.18. The van der Waals surface area contributed by atoms with Gasteiger partial charge in [-0.15, -0.1) is 0 Å². The number of amides is 2. The molecule has 0 fully saturated rings. The van der Waals surface area contributed by atoms with Crippen molar-refractivity contribution in [2.24, 2.45) is 0 Å². The third-order valence-electron chi connectivity index (χ3n) is 4.73. The molecule has 150 valence electrons. The van der Waals surface area contributed by atoms with E-state index in [4.69, 9.17) is 11.6 Å². The number of carbonyl (C=O) groups excluding carboxylic acids is 2. The zero-order chi connectivity index (χ0) is 20.7. The van der Waals surface area contributed by atoms with E-state index < -0.39 is 6.04 Å². The number of hydrogen-bond donors (Lipinski definition) is 1. The maximum absolute atomic E-state index is 13.2. The molecule has 0 radical (unpaired) electrons. The van der Waals surface area contributed by atoms with Gasteiger partial charge in [-0.25, -0.2) is 4.39 Å². The van der Waals surface area contributed by atoms with Gasteiger partial charge in [-0.3, -0.25) is 9.59 Å². The number of hydrogen-bond acceptors (Lipinski definition) is 2. The first kappa shape index (κ1) is 21.9. The topological polar surface area (TPSA) is 49.4 Å². The third-order valence-corrected chi connectivity index (χ3v) is 5.10. The lowest BCUT2D eigenvalue weighted by Gasteiger charge is -2.30. The second kappa shape index (κ2) is 10.2. The average Bonchev–Trinajstić information content (AvgIpc) is 2.68. The van der Waals surface area contributed by atoms with E-state index in [-0.39, 0.29) is 36.6 Å². The van der Waals surface area contributed by atoms with Crippen LogP contribution in [0.5, 0.6) is 0 Å². The van der Waals surface area contributed by atoms with Crippen LogP contribution in [-0.2, 0) is 22.6 Å². The number of halogens is 2. The van der Waals surface area contributed by atoms with Crippen molar-refractivity contribution in [2.75, 3.05) is 0 Å². The normalized spacial score (nSPS) is 12.9. The molecule has 0 bridgehead atoms. The Kier molecular flexibility index (Phi) is 8.00. The van der Waals surface area contributed by atoms with Crippen LogP contribution in [0.2, 0.25) is 5.02 Å². The summed E-state index contributed by atoms with van der Waals surface area (Å²) in [4.78, 5) is 27.2. The lowest BCUT2D eigenvalue weighted by molar-refractivity contribution is -0.140. The van der Waals surface area contributed by atoms with Crippen LogP contribution in [-0.4, -0.2) is 28.8 Å². The molecule has 0 aliphatic rings. The summed E-state index contributed by atoms with van der Waals surface area (Å²) in [5.74, 6) is -0.784. The summed E-state index contributed by atoms with van der Waals surface area (Å²) in [5, 5.41) is 3.42. The summed E-state index contributed by atoms with van der Waals surface area (Å²) in [6.45, 7) is 5.80. The predicted molar refractivity (Wildman–Crippen MR) is 109 cm³/mol. The van der Waals surface area contributed by atoms with Crippen molar-refractivity contribution in [3.8, 4) is 0 Å². The Hall–Kier alpha value is -2.40. The Morgan fingerprint density at radius 2 is 1.75 bits per heavy atom. The molecule has 28 heavy (non-hydrogen) atoms. The monoisotopic (exact) mass is 404 g/mol. The molecule has 0 heterocycles. The molecule has 2 aromatic rings.